The number of pyridine rings is 1. The van der Waals surface area contributed by atoms with Gasteiger partial charge in [0.25, 0.3) is 5.91 Å². The number of amides is 1. The van der Waals surface area contributed by atoms with Crippen molar-refractivity contribution in [1.82, 2.24) is 9.88 Å². The summed E-state index contributed by atoms with van der Waals surface area (Å²) in [6.07, 6.45) is 3.39. The fraction of sp³-hybridized carbons (Fsp3) is 0.263. The molecule has 0 radical (unpaired) electrons. The van der Waals surface area contributed by atoms with E-state index in [1.165, 1.54) is 4.90 Å². The highest BCUT2D eigenvalue weighted by atomic mass is 16.5. The molecule has 2 aromatic rings. The minimum atomic E-state index is -0.409. The van der Waals surface area contributed by atoms with Crippen LogP contribution in [0.15, 0.2) is 42.7 Å². The molecule has 0 unspecified atom stereocenters. The summed E-state index contributed by atoms with van der Waals surface area (Å²) in [7, 11) is 0. The second-order valence-corrected chi connectivity index (χ2v) is 5.22. The van der Waals surface area contributed by atoms with Gasteiger partial charge in [0.05, 0.1) is 18.7 Å². The molecule has 0 bridgehead atoms. The molecule has 1 heterocycles. The summed E-state index contributed by atoms with van der Waals surface area (Å²) in [6.45, 7) is 2.24. The molecular weight excluding hydrogens is 332 g/mol. The number of nitrogens with zero attached hydrogens (tertiary/aromatic N) is 4. The average molecular weight is 350 g/mol. The number of rotatable bonds is 8. The maximum atomic E-state index is 12.5. The van der Waals surface area contributed by atoms with Crippen LogP contribution < -0.4 is 9.47 Å². The monoisotopic (exact) mass is 350 g/mol. The van der Waals surface area contributed by atoms with Gasteiger partial charge in [0.2, 0.25) is 0 Å². The largest absolute Gasteiger partial charge is 0.490 e. The van der Waals surface area contributed by atoms with E-state index in [0.29, 0.717) is 30.3 Å². The zero-order valence-corrected chi connectivity index (χ0v) is 14.4. The molecule has 0 atom stereocenters. The third kappa shape index (κ3) is 4.96. The molecule has 1 amide bonds. The minimum absolute atomic E-state index is 0.157. The highest BCUT2D eigenvalue weighted by molar-refractivity contribution is 5.95. The van der Waals surface area contributed by atoms with Crippen LogP contribution in [0.25, 0.3) is 0 Å². The molecule has 0 saturated heterocycles. The van der Waals surface area contributed by atoms with Crippen LogP contribution in [0.4, 0.5) is 0 Å². The summed E-state index contributed by atoms with van der Waals surface area (Å²) in [5, 5.41) is 17.6. The van der Waals surface area contributed by atoms with Crippen molar-refractivity contribution in [2.45, 2.75) is 13.5 Å². The number of benzene rings is 1. The molecular formula is C19H18N4O3. The van der Waals surface area contributed by atoms with Crippen molar-refractivity contribution >= 4 is 5.91 Å². The second-order valence-electron chi connectivity index (χ2n) is 5.22. The van der Waals surface area contributed by atoms with Crippen LogP contribution in [0.3, 0.4) is 0 Å². The lowest BCUT2D eigenvalue weighted by molar-refractivity contribution is 0.0794. The van der Waals surface area contributed by atoms with Gasteiger partial charge < -0.3 is 14.4 Å². The van der Waals surface area contributed by atoms with E-state index in [4.69, 9.17) is 20.0 Å². The number of nitriles is 2. The number of ether oxygens (including phenoxy) is 2. The molecule has 2 rings (SSSR count). The highest BCUT2D eigenvalue weighted by Crippen LogP contribution is 2.29. The summed E-state index contributed by atoms with van der Waals surface area (Å²) in [6, 6.07) is 12.3. The standard InChI is InChI=1S/C19H18N4O3/c1-2-25-18-12-16(19(24)23(10-7-20)11-8-21)5-6-17(18)26-14-15-4-3-9-22-13-15/h3-6,9,12-13H,2,10-11,14H2,1H3. The van der Waals surface area contributed by atoms with Gasteiger partial charge in [-0.1, -0.05) is 6.07 Å². The molecule has 0 saturated carbocycles. The number of carbonyl (C=O) groups is 1. The first-order valence-corrected chi connectivity index (χ1v) is 8.01. The Kier molecular flexibility index (Phi) is 6.96. The van der Waals surface area contributed by atoms with Crippen molar-refractivity contribution in [2.75, 3.05) is 19.7 Å². The highest BCUT2D eigenvalue weighted by Gasteiger charge is 2.18. The number of hydrogen-bond acceptors (Lipinski definition) is 6. The summed E-state index contributed by atoms with van der Waals surface area (Å²) in [5.41, 5.74) is 1.23. The predicted molar refractivity (Wildman–Crippen MR) is 93.3 cm³/mol. The Morgan fingerprint density at radius 1 is 1.15 bits per heavy atom. The van der Waals surface area contributed by atoms with Crippen LogP contribution in [-0.4, -0.2) is 35.5 Å². The van der Waals surface area contributed by atoms with Crippen LogP contribution in [-0.2, 0) is 6.61 Å². The molecule has 0 aliphatic carbocycles. The normalized spacial score (nSPS) is 9.65. The first kappa shape index (κ1) is 18.8. The van der Waals surface area contributed by atoms with Gasteiger partial charge in [0.15, 0.2) is 11.5 Å². The molecule has 0 spiro atoms. The van der Waals surface area contributed by atoms with E-state index < -0.39 is 5.91 Å². The first-order chi connectivity index (χ1) is 12.7. The smallest absolute Gasteiger partial charge is 0.255 e. The predicted octanol–water partition coefficient (Wildman–Crippen LogP) is 2.55. The zero-order valence-electron chi connectivity index (χ0n) is 14.4. The lowest BCUT2D eigenvalue weighted by Gasteiger charge is -2.17. The molecule has 7 nitrogen and oxygen atoms in total. The van der Waals surface area contributed by atoms with Gasteiger partial charge in [-0.25, -0.2) is 0 Å². The van der Waals surface area contributed by atoms with Crippen molar-refractivity contribution in [2.24, 2.45) is 0 Å². The summed E-state index contributed by atoms with van der Waals surface area (Å²) in [4.78, 5) is 17.7. The van der Waals surface area contributed by atoms with Crippen LogP contribution >= 0.6 is 0 Å². The molecule has 0 fully saturated rings. The van der Waals surface area contributed by atoms with Gasteiger partial charge in [-0.05, 0) is 31.2 Å². The first-order valence-electron chi connectivity index (χ1n) is 8.01. The fourth-order valence-corrected chi connectivity index (χ4v) is 2.23. The van der Waals surface area contributed by atoms with Gasteiger partial charge in [0.1, 0.15) is 19.7 Å². The maximum Gasteiger partial charge on any atom is 0.255 e. The van der Waals surface area contributed by atoms with Crippen molar-refractivity contribution in [3.8, 4) is 23.6 Å². The van der Waals surface area contributed by atoms with E-state index in [1.807, 2.05) is 31.2 Å². The number of aromatic nitrogens is 1. The summed E-state index contributed by atoms with van der Waals surface area (Å²) >= 11 is 0. The molecule has 1 aromatic heterocycles. The molecule has 1 aromatic carbocycles. The van der Waals surface area contributed by atoms with E-state index in [9.17, 15) is 4.79 Å². The van der Waals surface area contributed by atoms with Gasteiger partial charge in [-0.3, -0.25) is 9.78 Å². The number of hydrogen-bond donors (Lipinski definition) is 0. The Morgan fingerprint density at radius 3 is 2.54 bits per heavy atom. The molecule has 0 aliphatic rings. The average Bonchev–Trinajstić information content (AvgIpc) is 2.67. The van der Waals surface area contributed by atoms with E-state index in [1.54, 1.807) is 30.6 Å². The van der Waals surface area contributed by atoms with E-state index in [0.717, 1.165) is 5.56 Å². The Labute approximate surface area is 152 Å². The van der Waals surface area contributed by atoms with Gasteiger partial charge in [0, 0.05) is 23.5 Å². The molecule has 0 N–H and O–H groups in total. The topological polar surface area (TPSA) is 99.2 Å². The van der Waals surface area contributed by atoms with E-state index in [2.05, 4.69) is 4.98 Å². The third-order valence-electron chi connectivity index (χ3n) is 3.42. The third-order valence-corrected chi connectivity index (χ3v) is 3.42. The molecule has 7 heteroatoms. The van der Waals surface area contributed by atoms with Crippen molar-refractivity contribution in [3.05, 3.63) is 53.9 Å². The van der Waals surface area contributed by atoms with Crippen molar-refractivity contribution in [3.63, 3.8) is 0 Å². The lowest BCUT2D eigenvalue weighted by Crippen LogP contribution is -2.31. The molecule has 132 valence electrons. The Bertz CT molecular complexity index is 809. The van der Waals surface area contributed by atoms with Crippen LogP contribution in [0.2, 0.25) is 0 Å². The van der Waals surface area contributed by atoms with Gasteiger partial charge in [-0.15, -0.1) is 0 Å². The minimum Gasteiger partial charge on any atom is -0.490 e. The SMILES string of the molecule is CCOc1cc(C(=O)N(CC#N)CC#N)ccc1OCc1cccnc1. The summed E-state index contributed by atoms with van der Waals surface area (Å²) < 4.78 is 11.3. The molecule has 0 aliphatic heterocycles. The van der Waals surface area contributed by atoms with Crippen molar-refractivity contribution < 1.29 is 14.3 Å². The quantitative estimate of drug-likeness (QED) is 0.678. The van der Waals surface area contributed by atoms with E-state index >= 15 is 0 Å². The van der Waals surface area contributed by atoms with E-state index in [-0.39, 0.29) is 13.1 Å². The van der Waals surface area contributed by atoms with Crippen LogP contribution in [0.5, 0.6) is 11.5 Å². The van der Waals surface area contributed by atoms with Gasteiger partial charge in [-0.2, -0.15) is 10.5 Å². The second kappa shape index (κ2) is 9.65. The summed E-state index contributed by atoms with van der Waals surface area (Å²) in [5.74, 6) is 0.517. The van der Waals surface area contributed by atoms with Crippen LogP contribution in [0, 0.1) is 22.7 Å². The Hall–Kier alpha value is -3.58. The maximum absolute atomic E-state index is 12.5. The zero-order chi connectivity index (χ0) is 18.8. The van der Waals surface area contributed by atoms with Crippen LogP contribution in [0.1, 0.15) is 22.8 Å². The molecule has 26 heavy (non-hydrogen) atoms. The number of carbonyl (C=O) groups excluding carboxylic acids is 1. The van der Waals surface area contributed by atoms with Crippen molar-refractivity contribution in [1.29, 1.82) is 10.5 Å². The Morgan fingerprint density at radius 2 is 1.92 bits per heavy atom. The Balaban J connectivity index is 2.20. The lowest BCUT2D eigenvalue weighted by atomic mass is 10.1. The fourth-order valence-electron chi connectivity index (χ4n) is 2.23. The van der Waals surface area contributed by atoms with Gasteiger partial charge >= 0.3 is 0 Å².